The van der Waals surface area contributed by atoms with E-state index in [9.17, 15) is 15.0 Å². The quantitative estimate of drug-likeness (QED) is 0.792. The highest BCUT2D eigenvalue weighted by Crippen LogP contribution is 2.45. The fourth-order valence-electron chi connectivity index (χ4n) is 3.09. The van der Waals surface area contributed by atoms with Gasteiger partial charge in [0.25, 0.3) is 0 Å². The zero-order chi connectivity index (χ0) is 16.7. The van der Waals surface area contributed by atoms with Crippen LogP contribution in [0.4, 0.5) is 10.6 Å². The highest BCUT2D eigenvalue weighted by Gasteiger charge is 2.52. The topological polar surface area (TPSA) is 90.1 Å². The number of aliphatic hydroxyl groups excluding tert-OH is 2. The Balaban J connectivity index is 1.76. The number of hydrogen-bond acceptors (Lipinski definition) is 4. The van der Waals surface area contributed by atoms with E-state index in [0.717, 1.165) is 5.52 Å². The van der Waals surface area contributed by atoms with E-state index in [1.807, 2.05) is 38.2 Å². The van der Waals surface area contributed by atoms with E-state index in [2.05, 4.69) is 10.4 Å². The van der Waals surface area contributed by atoms with Gasteiger partial charge in [0.05, 0.1) is 18.7 Å². The molecule has 0 saturated carbocycles. The number of nitrogens with zero attached hydrogens (tertiary/aromatic N) is 3. The van der Waals surface area contributed by atoms with E-state index in [0.29, 0.717) is 18.9 Å². The number of urea groups is 1. The Morgan fingerprint density at radius 2 is 1.91 bits per heavy atom. The van der Waals surface area contributed by atoms with Crippen LogP contribution in [0.15, 0.2) is 30.5 Å². The Morgan fingerprint density at radius 3 is 2.48 bits per heavy atom. The summed E-state index contributed by atoms with van der Waals surface area (Å²) in [6, 6.07) is 7.20. The van der Waals surface area contributed by atoms with Gasteiger partial charge in [0.2, 0.25) is 0 Å². The average Bonchev–Trinajstić information content (AvgIpc) is 3.07. The molecular formula is C16H22N4O3. The van der Waals surface area contributed by atoms with E-state index in [4.69, 9.17) is 0 Å². The van der Waals surface area contributed by atoms with Crippen molar-refractivity contribution in [2.24, 2.45) is 10.8 Å². The minimum absolute atomic E-state index is 0.0811. The summed E-state index contributed by atoms with van der Waals surface area (Å²) in [4.78, 5) is 14.1. The van der Waals surface area contributed by atoms with Crippen LogP contribution in [-0.4, -0.2) is 57.1 Å². The first-order valence-electron chi connectivity index (χ1n) is 7.63. The summed E-state index contributed by atoms with van der Waals surface area (Å²) in [6.45, 7) is 4.40. The van der Waals surface area contributed by atoms with Crippen molar-refractivity contribution in [3.63, 3.8) is 0 Å². The largest absolute Gasteiger partial charge is 0.396 e. The van der Waals surface area contributed by atoms with Crippen LogP contribution < -0.4 is 5.32 Å². The number of carbonyl (C=O) groups excluding carboxylic acids is 1. The molecular weight excluding hydrogens is 296 g/mol. The fourth-order valence-corrected chi connectivity index (χ4v) is 3.09. The molecule has 3 N–H and O–H groups in total. The number of hydrogen-bond donors (Lipinski definition) is 3. The predicted octanol–water partition coefficient (Wildman–Crippen LogP) is 1.18. The molecule has 0 aliphatic carbocycles. The zero-order valence-corrected chi connectivity index (χ0v) is 13.4. The second kappa shape index (κ2) is 5.50. The molecule has 7 nitrogen and oxygen atoms in total. The SMILES string of the molecule is C[C@]1(CO)CN(C(=O)Nc2cc3ccccn3n2)C[C@@]1(C)CO. The third-order valence-corrected chi connectivity index (χ3v) is 5.13. The molecule has 0 bridgehead atoms. The maximum absolute atomic E-state index is 12.5. The lowest BCUT2D eigenvalue weighted by Crippen LogP contribution is -2.41. The van der Waals surface area contributed by atoms with Crippen molar-refractivity contribution in [3.05, 3.63) is 30.5 Å². The molecule has 1 saturated heterocycles. The van der Waals surface area contributed by atoms with Gasteiger partial charge in [-0.2, -0.15) is 0 Å². The van der Waals surface area contributed by atoms with Crippen molar-refractivity contribution < 1.29 is 15.0 Å². The number of aromatic nitrogens is 2. The Morgan fingerprint density at radius 1 is 1.26 bits per heavy atom. The van der Waals surface area contributed by atoms with Crippen LogP contribution in [0.2, 0.25) is 0 Å². The number of fused-ring (bicyclic) bond motifs is 1. The van der Waals surface area contributed by atoms with Crippen molar-refractivity contribution in [3.8, 4) is 0 Å². The van der Waals surface area contributed by atoms with Gasteiger partial charge < -0.3 is 15.1 Å². The van der Waals surface area contributed by atoms with Crippen LogP contribution in [0.25, 0.3) is 5.52 Å². The first-order valence-corrected chi connectivity index (χ1v) is 7.63. The molecule has 3 rings (SSSR count). The normalized spacial score (nSPS) is 27.6. The molecule has 0 radical (unpaired) electrons. The lowest BCUT2D eigenvalue weighted by molar-refractivity contribution is 0.00976. The van der Waals surface area contributed by atoms with E-state index >= 15 is 0 Å². The summed E-state index contributed by atoms with van der Waals surface area (Å²) in [5.74, 6) is 0.476. The second-order valence-electron chi connectivity index (χ2n) is 6.82. The van der Waals surface area contributed by atoms with Crippen molar-refractivity contribution in [1.29, 1.82) is 0 Å². The Bertz CT molecular complexity index is 680. The van der Waals surface area contributed by atoms with Gasteiger partial charge in [-0.25, -0.2) is 9.31 Å². The van der Waals surface area contributed by atoms with Crippen molar-refractivity contribution in [1.82, 2.24) is 14.5 Å². The summed E-state index contributed by atoms with van der Waals surface area (Å²) in [6.07, 6.45) is 1.81. The zero-order valence-electron chi connectivity index (χ0n) is 13.4. The average molecular weight is 318 g/mol. The lowest BCUT2D eigenvalue weighted by Gasteiger charge is -2.36. The third kappa shape index (κ3) is 2.55. The van der Waals surface area contributed by atoms with Crippen LogP contribution in [0, 0.1) is 10.8 Å². The van der Waals surface area contributed by atoms with Crippen LogP contribution in [-0.2, 0) is 0 Å². The monoisotopic (exact) mass is 318 g/mol. The summed E-state index contributed by atoms with van der Waals surface area (Å²) in [7, 11) is 0. The smallest absolute Gasteiger partial charge is 0.323 e. The van der Waals surface area contributed by atoms with Crippen LogP contribution in [0.1, 0.15) is 13.8 Å². The van der Waals surface area contributed by atoms with Gasteiger partial charge >= 0.3 is 6.03 Å². The van der Waals surface area contributed by atoms with Gasteiger partial charge in [0.15, 0.2) is 5.82 Å². The number of likely N-dealkylation sites (tertiary alicyclic amines) is 1. The number of nitrogens with one attached hydrogen (secondary N) is 1. The molecule has 2 aromatic heterocycles. The number of amides is 2. The first kappa shape index (κ1) is 15.8. The number of pyridine rings is 1. The molecule has 1 fully saturated rings. The number of carbonyl (C=O) groups is 1. The van der Waals surface area contributed by atoms with Gasteiger partial charge in [0.1, 0.15) is 0 Å². The summed E-state index contributed by atoms with van der Waals surface area (Å²) in [5.41, 5.74) is -0.166. The maximum atomic E-state index is 12.5. The Hall–Kier alpha value is -2.12. The predicted molar refractivity (Wildman–Crippen MR) is 86.2 cm³/mol. The highest BCUT2D eigenvalue weighted by molar-refractivity contribution is 5.89. The molecule has 3 heterocycles. The Kier molecular flexibility index (Phi) is 3.77. The van der Waals surface area contributed by atoms with Crippen LogP contribution in [0.5, 0.6) is 0 Å². The van der Waals surface area contributed by atoms with Crippen molar-refractivity contribution in [2.45, 2.75) is 13.8 Å². The van der Waals surface area contributed by atoms with E-state index in [1.165, 1.54) is 0 Å². The second-order valence-corrected chi connectivity index (χ2v) is 6.82. The molecule has 1 aliphatic heterocycles. The molecule has 1 aliphatic rings. The molecule has 0 unspecified atom stereocenters. The number of aliphatic hydroxyl groups is 2. The van der Waals surface area contributed by atoms with Crippen molar-refractivity contribution in [2.75, 3.05) is 31.6 Å². The molecule has 0 aromatic carbocycles. The van der Waals surface area contributed by atoms with E-state index in [1.54, 1.807) is 15.5 Å². The summed E-state index contributed by atoms with van der Waals surface area (Å²) < 4.78 is 1.69. The van der Waals surface area contributed by atoms with Crippen LogP contribution >= 0.6 is 0 Å². The summed E-state index contributed by atoms with van der Waals surface area (Å²) >= 11 is 0. The highest BCUT2D eigenvalue weighted by atomic mass is 16.3. The standard InChI is InChI=1S/C16H22N4O3/c1-15(10-21)8-19(9-16(15,2)11-22)14(23)17-13-7-12-5-3-4-6-20(12)18-13/h3-7,21-22H,8-11H2,1-2H3,(H,17,18,23)/t15-,16+. The van der Waals surface area contributed by atoms with Crippen molar-refractivity contribution >= 4 is 17.4 Å². The molecule has 0 spiro atoms. The summed E-state index contributed by atoms with van der Waals surface area (Å²) in [5, 5.41) is 26.5. The van der Waals surface area contributed by atoms with Crippen LogP contribution in [0.3, 0.4) is 0 Å². The number of rotatable bonds is 3. The fraction of sp³-hybridized carbons (Fsp3) is 0.500. The minimum atomic E-state index is -0.530. The first-order chi connectivity index (χ1) is 10.9. The molecule has 7 heteroatoms. The maximum Gasteiger partial charge on any atom is 0.323 e. The van der Waals surface area contributed by atoms with E-state index < -0.39 is 10.8 Å². The van der Waals surface area contributed by atoms with Gasteiger partial charge in [-0.15, -0.1) is 5.10 Å². The van der Waals surface area contributed by atoms with Gasteiger partial charge in [-0.1, -0.05) is 19.9 Å². The Labute approximate surface area is 134 Å². The lowest BCUT2D eigenvalue weighted by atomic mass is 9.69. The minimum Gasteiger partial charge on any atom is -0.396 e. The molecule has 2 atom stereocenters. The van der Waals surface area contributed by atoms with Gasteiger partial charge in [-0.05, 0) is 12.1 Å². The van der Waals surface area contributed by atoms with Gasteiger partial charge in [0, 0.05) is 36.2 Å². The number of anilines is 1. The molecule has 2 amide bonds. The van der Waals surface area contributed by atoms with Gasteiger partial charge in [-0.3, -0.25) is 5.32 Å². The molecule has 23 heavy (non-hydrogen) atoms. The third-order valence-electron chi connectivity index (χ3n) is 5.13. The molecule has 2 aromatic rings. The molecule has 124 valence electrons. The van der Waals surface area contributed by atoms with E-state index in [-0.39, 0.29) is 19.2 Å².